The molecule has 2 atom stereocenters. The molecule has 2 amide bonds. The van der Waals surface area contributed by atoms with Crippen molar-refractivity contribution in [2.45, 2.75) is 52.6 Å². The second-order valence-corrected chi connectivity index (χ2v) is 7.81. The zero-order valence-electron chi connectivity index (χ0n) is 14.5. The largest absolute Gasteiger partial charge is 0.480 e. The highest BCUT2D eigenvalue weighted by atomic mass is 32.2. The summed E-state index contributed by atoms with van der Waals surface area (Å²) in [6, 6.07) is -1.17. The number of hydrogen-bond donors (Lipinski definition) is 4. The lowest BCUT2D eigenvalue weighted by Gasteiger charge is -2.20. The van der Waals surface area contributed by atoms with E-state index in [1.165, 1.54) is 0 Å². The van der Waals surface area contributed by atoms with Crippen LogP contribution in [0.4, 0.5) is 0 Å². The summed E-state index contributed by atoms with van der Waals surface area (Å²) < 4.78 is 25.6. The Balaban J connectivity index is 4.42. The Kier molecular flexibility index (Phi) is 9.52. The molecule has 0 aromatic carbocycles. The molecule has 0 aromatic heterocycles. The first kappa shape index (κ1) is 22.3. The Morgan fingerprint density at radius 2 is 1.62 bits per heavy atom. The van der Waals surface area contributed by atoms with Crippen LogP contribution < -0.4 is 15.4 Å². The smallest absolute Gasteiger partial charge is 0.326 e. The van der Waals surface area contributed by atoms with E-state index in [1.54, 1.807) is 27.7 Å². The molecule has 0 aliphatic carbocycles. The molecule has 0 unspecified atom stereocenters. The molecule has 0 saturated carbocycles. The first-order valence-electron chi connectivity index (χ1n) is 7.77. The molecule has 0 fully saturated rings. The third kappa shape index (κ3) is 9.46. The Labute approximate surface area is 142 Å². The summed E-state index contributed by atoms with van der Waals surface area (Å²) in [5.41, 5.74) is 0. The number of amides is 2. The Bertz CT molecular complexity index is 547. The van der Waals surface area contributed by atoms with Gasteiger partial charge in [-0.05, 0) is 19.8 Å². The van der Waals surface area contributed by atoms with Crippen LogP contribution in [0.5, 0.6) is 0 Å². The summed E-state index contributed by atoms with van der Waals surface area (Å²) >= 11 is 0. The number of aliphatic carboxylic acids is 1. The molecular weight excluding hydrogens is 338 g/mol. The van der Waals surface area contributed by atoms with Crippen molar-refractivity contribution in [2.24, 2.45) is 5.92 Å². The molecular formula is C14H27N3O6S. The van der Waals surface area contributed by atoms with Gasteiger partial charge in [0.15, 0.2) is 0 Å². The van der Waals surface area contributed by atoms with Gasteiger partial charge >= 0.3 is 5.97 Å². The van der Waals surface area contributed by atoms with E-state index in [0.717, 1.165) is 0 Å². The van der Waals surface area contributed by atoms with Gasteiger partial charge in [0, 0.05) is 12.5 Å². The van der Waals surface area contributed by atoms with Gasteiger partial charge in [0.1, 0.15) is 6.04 Å². The predicted octanol–water partition coefficient (Wildman–Crippen LogP) is -0.564. The third-order valence-corrected chi connectivity index (χ3v) is 4.62. The monoisotopic (exact) mass is 365 g/mol. The number of carboxylic acid groups (broad SMARTS) is 1. The maximum Gasteiger partial charge on any atom is 0.326 e. The highest BCUT2D eigenvalue weighted by molar-refractivity contribution is 7.89. The Hall–Kier alpha value is -1.68. The van der Waals surface area contributed by atoms with Gasteiger partial charge in [-0.3, -0.25) is 9.59 Å². The maximum absolute atomic E-state index is 11.8. The van der Waals surface area contributed by atoms with E-state index in [9.17, 15) is 22.8 Å². The van der Waals surface area contributed by atoms with Gasteiger partial charge in [-0.1, -0.05) is 20.3 Å². The summed E-state index contributed by atoms with van der Waals surface area (Å²) in [4.78, 5) is 34.3. The van der Waals surface area contributed by atoms with E-state index >= 15 is 0 Å². The summed E-state index contributed by atoms with van der Waals surface area (Å²) in [6.45, 7) is 6.56. The Morgan fingerprint density at radius 3 is 2.08 bits per heavy atom. The van der Waals surface area contributed by atoms with Crippen LogP contribution in [0.2, 0.25) is 0 Å². The normalized spacial score (nSPS) is 14.0. The third-order valence-electron chi connectivity index (χ3n) is 3.30. The van der Waals surface area contributed by atoms with Crippen molar-refractivity contribution in [2.75, 3.05) is 12.3 Å². The molecule has 0 radical (unpaired) electrons. The SMILES string of the molecule is CC[C@H](C)[C@H](NC(=O)CCS(=O)(=O)NCC(=O)NC(C)C)C(=O)O. The zero-order chi connectivity index (χ0) is 18.9. The molecule has 0 bridgehead atoms. The van der Waals surface area contributed by atoms with Gasteiger partial charge < -0.3 is 15.7 Å². The van der Waals surface area contributed by atoms with Gasteiger partial charge in [-0.2, -0.15) is 0 Å². The second kappa shape index (κ2) is 10.2. The number of nitrogens with one attached hydrogen (secondary N) is 3. The summed E-state index contributed by atoms with van der Waals surface area (Å²) in [7, 11) is -3.81. The standard InChI is InChI=1S/C14H27N3O6S/c1-5-10(4)13(14(20)21)17-11(18)6-7-24(22,23)15-8-12(19)16-9(2)3/h9-10,13,15H,5-8H2,1-4H3,(H,16,19)(H,17,18)(H,20,21)/t10-,13-/m0/s1. The number of sulfonamides is 1. The van der Waals surface area contributed by atoms with Crippen LogP contribution in [0, 0.1) is 5.92 Å². The van der Waals surface area contributed by atoms with Crippen molar-refractivity contribution >= 4 is 27.8 Å². The molecule has 0 aliphatic heterocycles. The highest BCUT2D eigenvalue weighted by Gasteiger charge is 2.25. The van der Waals surface area contributed by atoms with Crippen LogP contribution in [-0.4, -0.2) is 55.7 Å². The molecule has 0 aliphatic rings. The molecule has 9 nitrogen and oxygen atoms in total. The lowest BCUT2D eigenvalue weighted by molar-refractivity contribution is -0.143. The quantitative estimate of drug-likeness (QED) is 0.386. The minimum absolute atomic E-state index is 0.110. The topological polar surface area (TPSA) is 142 Å². The molecule has 140 valence electrons. The number of rotatable bonds is 11. The minimum Gasteiger partial charge on any atom is -0.480 e. The molecule has 0 spiro atoms. The van der Waals surface area contributed by atoms with Crippen LogP contribution in [-0.2, 0) is 24.4 Å². The first-order chi connectivity index (χ1) is 11.0. The van der Waals surface area contributed by atoms with Crippen LogP contribution in [0.15, 0.2) is 0 Å². The van der Waals surface area contributed by atoms with Gasteiger partial charge in [0.25, 0.3) is 0 Å². The van der Waals surface area contributed by atoms with Crippen molar-refractivity contribution < 1.29 is 27.9 Å². The van der Waals surface area contributed by atoms with Crippen molar-refractivity contribution in [1.29, 1.82) is 0 Å². The van der Waals surface area contributed by atoms with Crippen molar-refractivity contribution in [3.63, 3.8) is 0 Å². The van der Waals surface area contributed by atoms with E-state index in [2.05, 4.69) is 15.4 Å². The van der Waals surface area contributed by atoms with E-state index in [1.807, 2.05) is 0 Å². The lowest BCUT2D eigenvalue weighted by atomic mass is 9.99. The van der Waals surface area contributed by atoms with Gasteiger partial charge in [0.05, 0.1) is 12.3 Å². The average Bonchev–Trinajstić information content (AvgIpc) is 2.47. The van der Waals surface area contributed by atoms with Gasteiger partial charge in [0.2, 0.25) is 21.8 Å². The molecule has 24 heavy (non-hydrogen) atoms. The van der Waals surface area contributed by atoms with Crippen molar-refractivity contribution in [1.82, 2.24) is 15.4 Å². The summed E-state index contributed by atoms with van der Waals surface area (Å²) in [5, 5.41) is 13.9. The minimum atomic E-state index is -3.81. The first-order valence-corrected chi connectivity index (χ1v) is 9.42. The molecule has 0 saturated heterocycles. The maximum atomic E-state index is 11.8. The number of carboxylic acids is 1. The molecule has 4 N–H and O–H groups in total. The van der Waals surface area contributed by atoms with Crippen LogP contribution in [0.1, 0.15) is 40.5 Å². The van der Waals surface area contributed by atoms with Crippen LogP contribution >= 0.6 is 0 Å². The number of carbonyl (C=O) groups excluding carboxylic acids is 2. The van der Waals surface area contributed by atoms with Gasteiger partial charge in [-0.25, -0.2) is 17.9 Å². The average molecular weight is 365 g/mol. The number of carbonyl (C=O) groups is 3. The van der Waals surface area contributed by atoms with Crippen LogP contribution in [0.3, 0.4) is 0 Å². The van der Waals surface area contributed by atoms with Crippen molar-refractivity contribution in [3.05, 3.63) is 0 Å². The predicted molar refractivity (Wildman–Crippen MR) is 88.7 cm³/mol. The summed E-state index contributed by atoms with van der Waals surface area (Å²) in [6.07, 6.45) is 0.170. The molecule has 0 rings (SSSR count). The van der Waals surface area contributed by atoms with Crippen LogP contribution in [0.25, 0.3) is 0 Å². The van der Waals surface area contributed by atoms with Crippen molar-refractivity contribution in [3.8, 4) is 0 Å². The second-order valence-electron chi connectivity index (χ2n) is 5.88. The van der Waals surface area contributed by atoms with E-state index in [4.69, 9.17) is 5.11 Å². The fourth-order valence-electron chi connectivity index (χ4n) is 1.78. The van der Waals surface area contributed by atoms with E-state index < -0.39 is 46.1 Å². The van der Waals surface area contributed by atoms with E-state index in [0.29, 0.717) is 6.42 Å². The molecule has 0 aromatic rings. The summed E-state index contributed by atoms with van der Waals surface area (Å²) in [5.74, 6) is -3.11. The molecule has 0 heterocycles. The number of hydrogen-bond acceptors (Lipinski definition) is 5. The Morgan fingerprint density at radius 1 is 1.04 bits per heavy atom. The molecule has 10 heteroatoms. The highest BCUT2D eigenvalue weighted by Crippen LogP contribution is 2.08. The van der Waals surface area contributed by atoms with Gasteiger partial charge in [-0.15, -0.1) is 0 Å². The zero-order valence-corrected chi connectivity index (χ0v) is 15.3. The van der Waals surface area contributed by atoms with E-state index in [-0.39, 0.29) is 18.4 Å². The fourth-order valence-corrected chi connectivity index (χ4v) is 2.73. The fraction of sp³-hybridized carbons (Fsp3) is 0.786. The lowest BCUT2D eigenvalue weighted by Crippen LogP contribution is -2.46.